The molecule has 0 atom stereocenters. The van der Waals surface area contributed by atoms with Crippen molar-refractivity contribution in [1.29, 1.82) is 0 Å². The molecule has 0 saturated heterocycles. The zero-order valence-corrected chi connectivity index (χ0v) is 157. The first-order valence-electron chi connectivity index (χ1n) is 42.2. The van der Waals surface area contributed by atoms with Gasteiger partial charge in [-0.25, -0.2) is 23.8 Å². The van der Waals surface area contributed by atoms with Crippen LogP contribution in [0.3, 0.4) is 0 Å². The van der Waals surface area contributed by atoms with Crippen LogP contribution in [0.15, 0.2) is 186 Å². The topological polar surface area (TPSA) is 451 Å². The van der Waals surface area contributed by atoms with Crippen LogP contribution in [0.25, 0.3) is 66.2 Å². The molecule has 0 aliphatic carbocycles. The van der Waals surface area contributed by atoms with Gasteiger partial charge in [-0.15, -0.1) is 10.1 Å². The number of aldehydes is 1. The molecule has 0 spiro atoms. The van der Waals surface area contributed by atoms with Crippen LogP contribution in [0.5, 0.6) is 0 Å². The van der Waals surface area contributed by atoms with Crippen molar-refractivity contribution in [2.24, 2.45) is 4.30 Å². The molecule has 6 heterocycles. The van der Waals surface area contributed by atoms with Crippen molar-refractivity contribution >= 4 is 818 Å². The van der Waals surface area contributed by atoms with Crippen LogP contribution < -0.4 is 177 Å². The first kappa shape index (κ1) is 162. The molecule has 2 radical (unpaired) electrons. The summed E-state index contributed by atoms with van der Waals surface area (Å²) in [5.41, 5.74) is 25.0. The van der Waals surface area contributed by atoms with Crippen LogP contribution in [0.4, 0.5) is 15.8 Å². The number of H-pyrrole nitrogens is 2. The molecule has 0 unspecified atom stereocenters. The van der Waals surface area contributed by atoms with E-state index < -0.39 is 44.5 Å². The Morgan fingerprint density at radius 3 is 1.28 bits per heavy atom. The number of para-hydroxylation sites is 4. The minimum absolute atomic E-state index is 0. The third-order valence-electron chi connectivity index (χ3n) is 12.0. The van der Waals surface area contributed by atoms with Gasteiger partial charge in [-0.1, -0.05) is 116 Å². The fourth-order valence-corrected chi connectivity index (χ4v) is 9.68. The van der Waals surface area contributed by atoms with Crippen molar-refractivity contribution in [3.05, 3.63) is 252 Å². The number of halogens is 10. The van der Waals surface area contributed by atoms with E-state index in [4.69, 9.17) is 91.4 Å². The molecule has 6 aromatic heterocycles. The Morgan fingerprint density at radius 1 is 0.574 bits per heavy atom. The number of carboxylic acid groups (broad SMARTS) is 2. The number of hydrogen-bond acceptors (Lipinski definition) is 23. The average Bonchev–Trinajstić information content (AvgIpc) is 0.786. The minimum atomic E-state index is -1.82. The molecule has 13 rings (SSSR count). The van der Waals surface area contributed by atoms with E-state index in [1.807, 2.05) is 113 Å². The van der Waals surface area contributed by atoms with Crippen LogP contribution in [0, 0.1) is 44.7 Å². The molecule has 0 aliphatic heterocycles. The van der Waals surface area contributed by atoms with Crippen LogP contribution in [-0.2, 0) is 41.2 Å². The number of alkyl halides is 3. The zero-order valence-electron chi connectivity index (χ0n) is 89.1. The van der Waals surface area contributed by atoms with Crippen molar-refractivity contribution in [2.45, 2.75) is 45.3 Å². The summed E-state index contributed by atoms with van der Waals surface area (Å²) in [6, 6.07) is 33.2. The number of nitrogens with two attached hydrogens (primary N) is 2. The molecule has 28 nitrogen and oxygen atoms in total. The Balaban J connectivity index is -0.0000000863. The third-order valence-corrected chi connectivity index (χ3v) is 15.6. The number of aliphatic hydroxyl groups excluding tert-OH is 1. The fraction of sp³-hybridized carbons (Fsp3) is 0.136. The van der Waals surface area contributed by atoms with E-state index in [9.17, 15) is 18.8 Å². The van der Waals surface area contributed by atoms with Gasteiger partial charge in [0.15, 0.2) is 16.6 Å². The van der Waals surface area contributed by atoms with Gasteiger partial charge in [0, 0.05) is 124 Å². The van der Waals surface area contributed by atoms with E-state index >= 15 is 0 Å². The van der Waals surface area contributed by atoms with Crippen LogP contribution in [-0.4, -0.2) is 698 Å². The molecule has 0 amide bonds. The van der Waals surface area contributed by atoms with E-state index in [0.717, 1.165) is 53.4 Å². The quantitative estimate of drug-likeness (QED) is 0.0134. The molecule has 0 saturated carbocycles. The Labute approximate surface area is 1390 Å². The standard InChI is InChI=1S/C9H5Br3N2.C9H5BrN2O.C9H7BrN2.C9H6Cl2N2.C9H8N2O2.C9H8N2.C7H10N2.C2H2O4.C2H6O.CH3F.Ag.BHNS.Cl2OS.21K.HNO3.3H/c10-6-2-1-5(9(11)12)7-8(6)14-4-3-13-7;10-7-2-1-6(5-13)8-9(7)12-4-3-11-8;1-6-2-3-7(10)9-8(6)11-4-5-12-9;1-5-3-2-4-6-7(5)13-9(11)8(10)12-6;1-5-3-2-4-6-7(5)11-9(13)8(12)10-6;1-7-3-2-4-8-9(7)11-6-5-10-8;1-5-3-2-4-6(8)7(5)9;3-1(4)2(5)6;1-2-3;1-2;;1-2-3;1-4(2)3;;;;;;;;;;;;;;;;;;;;;;2-1(3)4;;;/h1-4,9H;1-5H;2-5H,1H3;2-4H,1H3;2-4H,1H3,(H,10,12)(H,11,13);2-6H,1H3;2-4H,8-9H2,1H3;(H,3,4)(H,5,6);3H,2H2,1H3;1H3;;3H;;;;;;;;;;;;;;;;;;;;;;;(H,2,3,4);;;/q;;;;;;;;;;;;;;;;;;;;;;;;;;;;;;;3*+1;;3*-1/i2*3D,4D;4D,5D;;;5D,6D;;;;1D;;;;;;;;;;;;;;;;;;;;;;;;;;;;. The normalized spacial score (nSPS) is 9.50. The van der Waals surface area contributed by atoms with E-state index in [-0.39, 0.29) is 251 Å². The molecular formula is C66H65AgBBr5Cl4FK21N16O12S2. The predicted molar refractivity (Wildman–Crippen MR) is 549 cm³/mol. The summed E-state index contributed by atoms with van der Waals surface area (Å²) in [4.78, 5) is 104. The van der Waals surface area contributed by atoms with Crippen LogP contribution in [0.1, 0.15) is 71.0 Å². The van der Waals surface area contributed by atoms with Gasteiger partial charge in [0.1, 0.15) is 22.1 Å². The molecule has 598 valence electrons. The van der Waals surface area contributed by atoms with E-state index in [1.54, 1.807) is 37.3 Å². The second kappa shape index (κ2) is 131. The molecule has 129 heavy (non-hydrogen) atoms. The van der Waals surface area contributed by atoms with Gasteiger partial charge in [-0.2, -0.15) is 0 Å². The number of anilines is 2. The first-order valence-corrected chi connectivity index (χ1v) is 190. The number of aliphatic hydroxyl groups is 1. The Morgan fingerprint density at radius 2 is 0.876 bits per heavy atom. The van der Waals surface area contributed by atoms with Gasteiger partial charge in [0.2, 0.25) is 9.23 Å². The van der Waals surface area contributed by atoms with Crippen molar-refractivity contribution in [2.75, 3.05) is 25.2 Å². The molecule has 0 fully saturated rings. The zero-order chi connectivity index (χ0) is 107. The summed E-state index contributed by atoms with van der Waals surface area (Å²) in [7, 11) is 10.7. The Bertz CT molecular complexity index is 5680. The Hall–Kier alpha value is 26.5. The first-order chi connectivity index (χ1) is 63.3. The SMILES string of the molecule is CCO.Cc1cccc(N)c1N.Cc1cccc2[nH]c(=O)c(=O)[nH]c12.Cc1cccc2nc(Cl)c(Cl)nc12.O=C(O)C(=O)O.O=S(Cl)Cl.O=[N+]([O-])O.[2H]CF.[2H]c1nc2c(Br)ccc(C(Br)Br)c2nc1[2H].[2H]c1nc2c(Br)ccc(C=O)c2nc1[2H].[2H]c1nc2c(C)ccc(Br)c2nc1[2H].[2H]c1nc2cccc(C)c2nc1[2H].[Ag].[B]=NS.[H-].[H-].[H-].[K+].[K+].[K+].[K][K].[K][K].[K][K].[K][K].[K][K].[K][K].[K][K].[K][K].[K][K]. The third kappa shape index (κ3) is 94.0. The van der Waals surface area contributed by atoms with E-state index in [0.29, 0.717) is 82.9 Å². The molecule has 0 bridgehead atoms. The van der Waals surface area contributed by atoms with E-state index in [1.165, 1.54) is 568 Å². The number of carboxylic acids is 2. The summed E-state index contributed by atoms with van der Waals surface area (Å²) in [5.74, 6) is -3.65. The molecule has 63 heteroatoms. The number of aliphatic carboxylic acids is 2. The molecule has 13 aromatic rings. The van der Waals surface area contributed by atoms with Gasteiger partial charge in [-0.05, 0) is 166 Å². The number of carbonyl (C=O) groups is 3. The number of rotatable bonds is 2. The van der Waals surface area contributed by atoms with E-state index in [2.05, 4.69) is 186 Å². The number of fused-ring (bicyclic) bond motifs is 6. The number of aromatic nitrogens is 12. The summed E-state index contributed by atoms with van der Waals surface area (Å²) < 4.78 is 88.6. The second-order valence-electron chi connectivity index (χ2n) is 19.1. The predicted octanol–water partition coefficient (Wildman–Crippen LogP) is 1.06. The van der Waals surface area contributed by atoms with Gasteiger partial charge < -0.3 is 46.2 Å². The van der Waals surface area contributed by atoms with Crippen LogP contribution >= 0.6 is 137 Å². The number of thiol groups is 1. The van der Waals surface area contributed by atoms with Crippen molar-refractivity contribution in [1.82, 2.24) is 59.8 Å². The molecule has 7 aromatic carbocycles. The van der Waals surface area contributed by atoms with Gasteiger partial charge in [0.05, 0.1) is 78.7 Å². The van der Waals surface area contributed by atoms with Crippen molar-refractivity contribution < 1.29 is 242 Å². The number of nitrogens with zero attached hydrogens (tertiary/aromatic N) is 12. The number of nitrogens with one attached hydrogen (secondary N) is 2. The molecule has 10 N–H and O–H groups in total. The Kier molecular flexibility index (Phi) is 165. The molecular weight excluding hydrogens is 2770 g/mol. The maximum atomic E-state index is 11.0. The van der Waals surface area contributed by atoms with Crippen molar-refractivity contribution in [3.63, 3.8) is 0 Å². The fourth-order valence-electron chi connectivity index (χ4n) is 7.46. The second-order valence-corrected chi connectivity index (χ2v) is 28.2. The summed E-state index contributed by atoms with van der Waals surface area (Å²) in [6.45, 7) is 11.5. The average molecular weight is 2850 g/mol. The summed E-state index contributed by atoms with van der Waals surface area (Å²) >= 11 is 53.9. The number of aromatic amines is 2. The summed E-state index contributed by atoms with van der Waals surface area (Å²) in [5, 5.41) is 36.5. The number of hydrogen-bond donors (Lipinski definition) is 9. The number of carbonyl (C=O) groups excluding carboxylic acids is 1. The van der Waals surface area contributed by atoms with Gasteiger partial charge in [-0.3, -0.25) is 58.6 Å². The van der Waals surface area contributed by atoms with Gasteiger partial charge >= 0.3 is 770 Å². The van der Waals surface area contributed by atoms with Crippen LogP contribution in [0.2, 0.25) is 10.3 Å². The molecule has 0 aliphatic rings. The van der Waals surface area contributed by atoms with Gasteiger partial charge in [0.25, 0.3) is 5.09 Å². The number of nitrogen functional groups attached to an aromatic ring is 2. The number of benzene rings is 7. The van der Waals surface area contributed by atoms with Crippen molar-refractivity contribution in [3.8, 4) is 0 Å². The maximum absolute atomic E-state index is 11.0. The summed E-state index contributed by atoms with van der Waals surface area (Å²) in [6.07, 6.45) is -0.331. The monoisotopic (exact) mass is 2840 g/mol. The number of aryl methyl sites for hydroxylation is 5.